The summed E-state index contributed by atoms with van der Waals surface area (Å²) < 4.78 is 0. The van der Waals surface area contributed by atoms with E-state index in [-0.39, 0.29) is 21.4 Å². The van der Waals surface area contributed by atoms with E-state index < -0.39 is 0 Å². The van der Waals surface area contributed by atoms with Crippen molar-refractivity contribution in [2.45, 2.75) is 78.1 Å². The first kappa shape index (κ1) is 31.9. The maximum Gasteiger partial charge on any atom is 0 e. The molecule has 0 rings (SSSR count). The van der Waals surface area contributed by atoms with Gasteiger partial charge in [0.25, 0.3) is 0 Å². The van der Waals surface area contributed by atoms with Gasteiger partial charge < -0.3 is 28.2 Å². The van der Waals surface area contributed by atoms with Crippen LogP contribution in [0.4, 0.5) is 0 Å². The quantitative estimate of drug-likeness (QED) is 0.477. The van der Waals surface area contributed by atoms with Crippen LogP contribution in [0.15, 0.2) is 0 Å². The van der Waals surface area contributed by atoms with Gasteiger partial charge in [-0.15, -0.1) is 0 Å². The van der Waals surface area contributed by atoms with Crippen LogP contribution in [-0.4, -0.2) is 31.1 Å². The van der Waals surface area contributed by atoms with Gasteiger partial charge in [-0.05, 0) is 33.0 Å². The Balaban J connectivity index is -0.0000000449. The first-order valence-electron chi connectivity index (χ1n) is 7.70. The number of hydrogen-bond acceptors (Lipinski definition) is 3. The molecule has 136 valence electrons. The van der Waals surface area contributed by atoms with Crippen LogP contribution in [-0.2, 0) is 0 Å². The topological polar surface area (TPSA) is 136 Å². The second kappa shape index (κ2) is 36.4. The molecule has 0 radical (unpaired) electrons. The van der Waals surface area contributed by atoms with E-state index in [9.17, 15) is 0 Å². The van der Waals surface area contributed by atoms with Gasteiger partial charge >= 0.3 is 0 Å². The Morgan fingerprint density at radius 1 is 0.650 bits per heavy atom. The maximum absolute atomic E-state index is 4.50. The van der Waals surface area contributed by atoms with Gasteiger partial charge in [0.15, 0.2) is 0 Å². The molecule has 0 bridgehead atoms. The smallest absolute Gasteiger partial charge is 0 e. The van der Waals surface area contributed by atoms with Gasteiger partial charge in [-0.2, -0.15) is 0 Å². The highest BCUT2D eigenvalue weighted by molar-refractivity contribution is 4.49. The van der Waals surface area contributed by atoms with Crippen molar-refractivity contribution in [3.8, 4) is 0 Å². The Morgan fingerprint density at radius 2 is 1.05 bits per heavy atom. The zero-order valence-electron chi connectivity index (χ0n) is 14.3. The average Bonchev–Trinajstić information content (AvgIpc) is 2.38. The van der Waals surface area contributed by atoms with Gasteiger partial charge in [0, 0.05) is 4.28 Å². The third-order valence-electron chi connectivity index (χ3n) is 2.88. The van der Waals surface area contributed by atoms with E-state index in [2.05, 4.69) is 24.9 Å². The second-order valence-corrected chi connectivity index (χ2v) is 4.58. The third kappa shape index (κ3) is 36.1. The monoisotopic (exact) mass is 303 g/mol. The minimum Gasteiger partial charge on any atom is -0.412 e. The molecule has 0 unspecified atom stereocenters. The van der Waals surface area contributed by atoms with Crippen molar-refractivity contribution in [2.24, 2.45) is 5.73 Å². The highest BCUT2D eigenvalue weighted by Gasteiger charge is 1.91. The molecule has 0 aromatic rings. The third-order valence-corrected chi connectivity index (χ3v) is 2.88. The first-order valence-corrected chi connectivity index (χ1v) is 7.70. The van der Waals surface area contributed by atoms with Crippen molar-refractivity contribution in [2.75, 3.05) is 20.1 Å². The molecule has 0 aliphatic rings. The van der Waals surface area contributed by atoms with Gasteiger partial charge in [0.05, 0.1) is 0 Å². The molecule has 0 saturated heterocycles. The van der Waals surface area contributed by atoms with Gasteiger partial charge in [0.2, 0.25) is 0 Å². The molecule has 0 aliphatic carbocycles. The molecule has 0 aromatic heterocycles. The van der Waals surface area contributed by atoms with Gasteiger partial charge in [-0.25, -0.2) is 0 Å². The molecular formula is C15H49N3O2. The van der Waals surface area contributed by atoms with E-state index in [1.165, 1.54) is 84.3 Å². The summed E-state index contributed by atoms with van der Waals surface area (Å²) in [6.45, 7) is 6.92. The molecule has 0 spiro atoms. The fraction of sp³-hybridized carbons (Fsp3) is 1.00. The van der Waals surface area contributed by atoms with E-state index in [1.807, 2.05) is 0 Å². The van der Waals surface area contributed by atoms with Gasteiger partial charge in [-0.3, -0.25) is 0 Å². The van der Waals surface area contributed by atoms with Crippen LogP contribution in [0.1, 0.15) is 82.3 Å². The fourth-order valence-electron chi connectivity index (χ4n) is 1.86. The molecule has 0 aromatic carbocycles. The predicted octanol–water partition coefficient (Wildman–Crippen LogP) is 3.34. The van der Waals surface area contributed by atoms with Crippen molar-refractivity contribution in [1.82, 2.24) is 11.5 Å². The van der Waals surface area contributed by atoms with Crippen molar-refractivity contribution < 1.29 is 15.2 Å². The zero-order chi connectivity index (χ0) is 13.2. The molecule has 5 heteroatoms. The Kier molecular flexibility index (Phi) is 58.1. The number of nitrogens with two attached hydrogens (primary N) is 1. The minimum atomic E-state index is 0. The van der Waals surface area contributed by atoms with Crippen molar-refractivity contribution >= 4 is 0 Å². The molecule has 0 heterocycles. The molecule has 0 amide bonds. The summed E-state index contributed by atoms with van der Waals surface area (Å²) >= 11 is 0. The van der Waals surface area contributed by atoms with E-state index in [1.54, 1.807) is 0 Å². The highest BCUT2D eigenvalue weighted by atomic mass is 16.0. The summed E-state index contributed by atoms with van der Waals surface area (Å²) in [6, 6.07) is 0. The highest BCUT2D eigenvalue weighted by Crippen LogP contribution is 2.09. The zero-order valence-corrected chi connectivity index (χ0v) is 14.3. The van der Waals surface area contributed by atoms with Crippen LogP contribution < -0.4 is 17.2 Å². The lowest BCUT2D eigenvalue weighted by Crippen LogP contribution is -2.15. The predicted molar refractivity (Wildman–Crippen MR) is 99.1 cm³/mol. The lowest BCUT2D eigenvalue weighted by Gasteiger charge is -2.03. The van der Waals surface area contributed by atoms with Gasteiger partial charge in [-0.1, -0.05) is 65.2 Å². The molecule has 0 saturated carbocycles. The van der Waals surface area contributed by atoms with Crippen molar-refractivity contribution in [1.29, 1.82) is 0 Å². The van der Waals surface area contributed by atoms with E-state index in [4.69, 9.17) is 0 Å². The Labute approximate surface area is 131 Å². The minimum absolute atomic E-state index is 0. The Morgan fingerprint density at radius 3 is 1.45 bits per heavy atom. The number of rotatable bonds is 12. The largest absolute Gasteiger partial charge is 0.412 e. The summed E-state index contributed by atoms with van der Waals surface area (Å²) in [5.74, 6) is 0. The van der Waals surface area contributed by atoms with Crippen LogP contribution in [0.25, 0.3) is 0 Å². The normalized spacial score (nSPS) is 8.40. The summed E-state index contributed by atoms with van der Waals surface area (Å²) in [5.41, 5.74) is 4.50. The molecule has 0 aliphatic heterocycles. The fourth-order valence-corrected chi connectivity index (χ4v) is 1.86. The summed E-state index contributed by atoms with van der Waals surface area (Å²) in [6.07, 6.45) is 14.1. The van der Waals surface area contributed by atoms with E-state index in [0.717, 1.165) is 0 Å². The summed E-state index contributed by atoms with van der Waals surface area (Å²) in [5, 5.41) is 3.45. The molecule has 0 fully saturated rings. The summed E-state index contributed by atoms with van der Waals surface area (Å²) in [4.78, 5) is 0. The van der Waals surface area contributed by atoms with Gasteiger partial charge in [0.1, 0.15) is 0 Å². The van der Waals surface area contributed by atoms with Crippen LogP contribution in [0.2, 0.25) is 0 Å². The maximum atomic E-state index is 4.50. The van der Waals surface area contributed by atoms with E-state index >= 15 is 0 Å². The average molecular weight is 304 g/mol. The number of nitrogens with one attached hydrogen (secondary N) is 1. The lowest BCUT2D eigenvalue weighted by atomic mass is 10.1. The Hall–Kier alpha value is -0.200. The second-order valence-electron chi connectivity index (χ2n) is 4.58. The van der Waals surface area contributed by atoms with Crippen LogP contribution in [0.3, 0.4) is 0 Å². The molecule has 5 nitrogen and oxygen atoms in total. The van der Waals surface area contributed by atoms with Crippen molar-refractivity contribution in [3.63, 3.8) is 0 Å². The lowest BCUT2D eigenvalue weighted by molar-refractivity contribution is 0.548. The van der Waals surface area contributed by atoms with Crippen LogP contribution >= 0.6 is 0 Å². The van der Waals surface area contributed by atoms with Crippen LogP contribution in [0.5, 0.6) is 0 Å². The van der Waals surface area contributed by atoms with E-state index in [0.29, 0.717) is 0 Å². The standard InChI is InChI=1S/C14H31N.CH5N.H3N.2H2O.3H2/c1-3-5-6-7-8-9-10-11-12-14-15-13-4-2;1-2;;;;;;/h15H,3-14H2,1-2H3;2H2,1H3;1H3;2*1H2;3*1H. The summed E-state index contributed by atoms with van der Waals surface area (Å²) in [7, 11) is 1.50. The molecule has 10 N–H and O–H groups in total. The van der Waals surface area contributed by atoms with Crippen molar-refractivity contribution in [3.05, 3.63) is 0 Å². The molecular weight excluding hydrogens is 254 g/mol. The first-order chi connectivity index (χ1) is 8.41. The SMILES string of the molecule is CCCCCCCCCCCNCCC.CN.N.O.O.[HH].[HH].[HH]. The van der Waals surface area contributed by atoms with Crippen LogP contribution in [0, 0.1) is 0 Å². The number of unbranched alkanes of at least 4 members (excludes halogenated alkanes) is 8. The number of hydrogen-bond donors (Lipinski definition) is 3. The molecule has 0 atom stereocenters. The Bertz CT molecular complexity index is 118. The molecule has 20 heavy (non-hydrogen) atoms.